The van der Waals surface area contributed by atoms with Gasteiger partial charge in [0.15, 0.2) is 0 Å². The average Bonchev–Trinajstić information content (AvgIpc) is 3.24. The standard InChI is InChI=1S/C21H30N4O3/c1-3-17(16-9-7-15(2)8-10-16)23-19(27)22-13-6-14-25-18(26)21(24-20(25)28)11-4-5-12-21/h7-10,17H,3-6,11-14H2,1-2H3,(H,24,28)(H2,22,23,27)/t17-/m0/s1. The lowest BCUT2D eigenvalue weighted by molar-refractivity contribution is -0.131. The third-order valence-corrected chi connectivity index (χ3v) is 5.74. The van der Waals surface area contributed by atoms with Crippen LogP contribution in [0.25, 0.3) is 0 Å². The minimum absolute atomic E-state index is 0.0474. The first-order chi connectivity index (χ1) is 13.4. The van der Waals surface area contributed by atoms with E-state index in [1.165, 1.54) is 10.5 Å². The van der Waals surface area contributed by atoms with Crippen molar-refractivity contribution in [2.45, 2.75) is 64.0 Å². The highest BCUT2D eigenvalue weighted by atomic mass is 16.2. The summed E-state index contributed by atoms with van der Waals surface area (Å²) >= 11 is 0. The molecule has 152 valence electrons. The Morgan fingerprint density at radius 2 is 1.89 bits per heavy atom. The lowest BCUT2D eigenvalue weighted by Gasteiger charge is -2.20. The fourth-order valence-corrected chi connectivity index (χ4v) is 4.06. The Morgan fingerprint density at radius 1 is 1.21 bits per heavy atom. The summed E-state index contributed by atoms with van der Waals surface area (Å²) in [5.74, 6) is -0.107. The van der Waals surface area contributed by atoms with Crippen LogP contribution >= 0.6 is 0 Å². The second kappa shape index (κ2) is 8.63. The number of amides is 5. The zero-order chi connectivity index (χ0) is 20.1. The molecule has 2 fully saturated rings. The van der Waals surface area contributed by atoms with E-state index in [9.17, 15) is 14.4 Å². The molecule has 0 radical (unpaired) electrons. The van der Waals surface area contributed by atoms with Crippen LogP contribution < -0.4 is 16.0 Å². The van der Waals surface area contributed by atoms with Gasteiger partial charge in [-0.05, 0) is 38.2 Å². The van der Waals surface area contributed by atoms with Crippen molar-refractivity contribution < 1.29 is 14.4 Å². The lowest BCUT2D eigenvalue weighted by atomic mass is 9.98. The van der Waals surface area contributed by atoms with Crippen LogP contribution in [0.4, 0.5) is 9.59 Å². The number of carbonyl (C=O) groups is 3. The smallest absolute Gasteiger partial charge is 0.325 e. The number of nitrogens with zero attached hydrogens (tertiary/aromatic N) is 1. The number of aryl methyl sites for hydroxylation is 1. The topological polar surface area (TPSA) is 90.5 Å². The SMILES string of the molecule is CC[C@H](NC(=O)NCCCN1C(=O)NC2(CCCC2)C1=O)c1ccc(C)cc1. The summed E-state index contributed by atoms with van der Waals surface area (Å²) in [4.78, 5) is 38.2. The predicted molar refractivity (Wildman–Crippen MR) is 107 cm³/mol. The van der Waals surface area contributed by atoms with E-state index in [2.05, 4.69) is 16.0 Å². The zero-order valence-corrected chi connectivity index (χ0v) is 16.7. The Morgan fingerprint density at radius 3 is 2.54 bits per heavy atom. The van der Waals surface area contributed by atoms with Crippen LogP contribution in [0, 0.1) is 6.92 Å². The summed E-state index contributed by atoms with van der Waals surface area (Å²) in [7, 11) is 0. The van der Waals surface area contributed by atoms with E-state index >= 15 is 0 Å². The van der Waals surface area contributed by atoms with Gasteiger partial charge in [-0.2, -0.15) is 0 Å². The lowest BCUT2D eigenvalue weighted by Crippen LogP contribution is -2.44. The molecule has 1 aliphatic carbocycles. The van der Waals surface area contributed by atoms with Crippen LogP contribution in [-0.4, -0.2) is 41.5 Å². The molecule has 1 spiro atoms. The van der Waals surface area contributed by atoms with Crippen molar-refractivity contribution in [3.8, 4) is 0 Å². The highest BCUT2D eigenvalue weighted by molar-refractivity contribution is 6.07. The Kier molecular flexibility index (Phi) is 6.21. The summed E-state index contributed by atoms with van der Waals surface area (Å²) in [5.41, 5.74) is 1.59. The van der Waals surface area contributed by atoms with Gasteiger partial charge in [0.25, 0.3) is 5.91 Å². The van der Waals surface area contributed by atoms with E-state index in [0.717, 1.165) is 37.7 Å². The first kappa shape index (κ1) is 20.2. The molecular formula is C21H30N4O3. The summed E-state index contributed by atoms with van der Waals surface area (Å²) < 4.78 is 0. The van der Waals surface area contributed by atoms with Crippen LogP contribution in [0.1, 0.15) is 62.6 Å². The van der Waals surface area contributed by atoms with E-state index < -0.39 is 5.54 Å². The predicted octanol–water partition coefficient (Wildman–Crippen LogP) is 3.00. The molecule has 7 nitrogen and oxygen atoms in total. The molecule has 3 rings (SSSR count). The molecule has 7 heteroatoms. The van der Waals surface area contributed by atoms with Gasteiger partial charge in [-0.1, -0.05) is 49.6 Å². The summed E-state index contributed by atoms with van der Waals surface area (Å²) in [6, 6.07) is 7.53. The number of hydrogen-bond donors (Lipinski definition) is 3. The van der Waals surface area contributed by atoms with Crippen molar-refractivity contribution in [2.75, 3.05) is 13.1 Å². The monoisotopic (exact) mass is 386 g/mol. The van der Waals surface area contributed by atoms with Gasteiger partial charge < -0.3 is 16.0 Å². The molecule has 1 aromatic rings. The van der Waals surface area contributed by atoms with E-state index in [1.807, 2.05) is 38.1 Å². The molecule has 1 atom stereocenters. The normalized spacial score (nSPS) is 19.0. The van der Waals surface area contributed by atoms with Gasteiger partial charge in [0.05, 0.1) is 6.04 Å². The van der Waals surface area contributed by atoms with Crippen LogP contribution in [0.5, 0.6) is 0 Å². The van der Waals surface area contributed by atoms with E-state index in [1.54, 1.807) is 0 Å². The number of hydrogen-bond acceptors (Lipinski definition) is 3. The van der Waals surface area contributed by atoms with E-state index in [0.29, 0.717) is 19.5 Å². The highest BCUT2D eigenvalue weighted by Gasteiger charge is 2.51. The molecule has 3 N–H and O–H groups in total. The molecule has 28 heavy (non-hydrogen) atoms. The zero-order valence-electron chi connectivity index (χ0n) is 16.7. The number of urea groups is 2. The summed E-state index contributed by atoms with van der Waals surface area (Å²) in [6.07, 6.45) is 4.73. The second-order valence-corrected chi connectivity index (χ2v) is 7.80. The fourth-order valence-electron chi connectivity index (χ4n) is 4.06. The first-order valence-corrected chi connectivity index (χ1v) is 10.2. The van der Waals surface area contributed by atoms with Crippen molar-refractivity contribution in [3.63, 3.8) is 0 Å². The van der Waals surface area contributed by atoms with Crippen molar-refractivity contribution in [1.82, 2.24) is 20.9 Å². The number of rotatable bonds is 7. The average molecular weight is 386 g/mol. The summed E-state index contributed by atoms with van der Waals surface area (Å²) in [5, 5.41) is 8.67. The molecule has 1 heterocycles. The van der Waals surface area contributed by atoms with Crippen LogP contribution in [0.3, 0.4) is 0 Å². The minimum Gasteiger partial charge on any atom is -0.338 e. The van der Waals surface area contributed by atoms with Crippen molar-refractivity contribution in [3.05, 3.63) is 35.4 Å². The Labute approximate surface area is 166 Å². The van der Waals surface area contributed by atoms with Crippen LogP contribution in [0.15, 0.2) is 24.3 Å². The van der Waals surface area contributed by atoms with Gasteiger partial charge in [-0.15, -0.1) is 0 Å². The van der Waals surface area contributed by atoms with Gasteiger partial charge >= 0.3 is 12.1 Å². The van der Waals surface area contributed by atoms with Crippen molar-refractivity contribution >= 4 is 18.0 Å². The minimum atomic E-state index is -0.662. The maximum Gasteiger partial charge on any atom is 0.325 e. The molecule has 1 aromatic carbocycles. The number of carbonyl (C=O) groups excluding carboxylic acids is 3. The van der Waals surface area contributed by atoms with Gasteiger partial charge in [0.1, 0.15) is 5.54 Å². The molecule has 0 bridgehead atoms. The van der Waals surface area contributed by atoms with E-state index in [-0.39, 0.29) is 24.0 Å². The second-order valence-electron chi connectivity index (χ2n) is 7.80. The van der Waals surface area contributed by atoms with Gasteiger partial charge in [-0.3, -0.25) is 9.69 Å². The Balaban J connectivity index is 1.42. The molecule has 1 saturated carbocycles. The van der Waals surface area contributed by atoms with Crippen molar-refractivity contribution in [2.24, 2.45) is 0 Å². The molecule has 1 aliphatic heterocycles. The number of benzene rings is 1. The molecule has 5 amide bonds. The largest absolute Gasteiger partial charge is 0.338 e. The fraction of sp³-hybridized carbons (Fsp3) is 0.571. The van der Waals surface area contributed by atoms with Gasteiger partial charge in [0.2, 0.25) is 0 Å². The van der Waals surface area contributed by atoms with Crippen LogP contribution in [-0.2, 0) is 4.79 Å². The van der Waals surface area contributed by atoms with E-state index in [4.69, 9.17) is 0 Å². The van der Waals surface area contributed by atoms with Gasteiger partial charge in [0, 0.05) is 13.1 Å². The molecule has 1 saturated heterocycles. The molecule has 0 unspecified atom stereocenters. The Bertz CT molecular complexity index is 726. The highest BCUT2D eigenvalue weighted by Crippen LogP contribution is 2.34. The quantitative estimate of drug-likeness (QED) is 0.497. The third-order valence-electron chi connectivity index (χ3n) is 5.74. The third kappa shape index (κ3) is 4.29. The Hall–Kier alpha value is -2.57. The number of imide groups is 1. The summed E-state index contributed by atoms with van der Waals surface area (Å²) in [6.45, 7) is 4.79. The number of nitrogens with one attached hydrogen (secondary N) is 3. The van der Waals surface area contributed by atoms with Crippen LogP contribution in [0.2, 0.25) is 0 Å². The van der Waals surface area contributed by atoms with Crippen molar-refractivity contribution in [1.29, 1.82) is 0 Å². The maximum absolute atomic E-state index is 12.6. The molecule has 2 aliphatic rings. The molecular weight excluding hydrogens is 356 g/mol. The van der Waals surface area contributed by atoms with Gasteiger partial charge in [-0.25, -0.2) is 9.59 Å². The maximum atomic E-state index is 12.6. The molecule has 0 aromatic heterocycles. The first-order valence-electron chi connectivity index (χ1n) is 10.2.